The van der Waals surface area contributed by atoms with Gasteiger partial charge in [-0.25, -0.2) is 4.39 Å². The fraction of sp³-hybridized carbons (Fsp3) is 0.0645. The maximum absolute atomic E-state index is 13.4. The lowest BCUT2D eigenvalue weighted by Crippen LogP contribution is -2.30. The summed E-state index contributed by atoms with van der Waals surface area (Å²) < 4.78 is 18.4. The first-order chi connectivity index (χ1) is 19.8. The van der Waals surface area contributed by atoms with Gasteiger partial charge in [-0.2, -0.15) is 0 Å². The van der Waals surface area contributed by atoms with Gasteiger partial charge >= 0.3 is 0 Å². The molecule has 10 heteroatoms. The molecule has 0 spiro atoms. The lowest BCUT2D eigenvalue weighted by Gasteiger charge is -2.13. The number of rotatable bonds is 10. The van der Waals surface area contributed by atoms with Gasteiger partial charge in [0.1, 0.15) is 23.0 Å². The Morgan fingerprint density at radius 2 is 1.63 bits per heavy atom. The van der Waals surface area contributed by atoms with E-state index < -0.39 is 17.6 Å². The number of carbonyl (C=O) groups is 3. The van der Waals surface area contributed by atoms with Crippen molar-refractivity contribution in [2.24, 2.45) is 0 Å². The smallest absolute Gasteiger partial charge is 0.272 e. The molecule has 0 radical (unpaired) electrons. The van der Waals surface area contributed by atoms with Crippen LogP contribution in [0.5, 0.6) is 11.5 Å². The van der Waals surface area contributed by atoms with E-state index in [1.807, 2.05) is 0 Å². The number of anilines is 2. The van der Waals surface area contributed by atoms with E-state index in [1.54, 1.807) is 60.7 Å². The molecule has 208 valence electrons. The molecule has 0 saturated carbocycles. The van der Waals surface area contributed by atoms with Gasteiger partial charge in [-0.15, -0.1) is 11.8 Å². The second kappa shape index (κ2) is 13.8. The highest BCUT2D eigenvalue weighted by Crippen LogP contribution is 2.26. The highest BCUT2D eigenvalue weighted by molar-refractivity contribution is 8.00. The van der Waals surface area contributed by atoms with E-state index in [0.717, 1.165) is 4.90 Å². The van der Waals surface area contributed by atoms with Crippen LogP contribution in [0.1, 0.15) is 15.9 Å². The van der Waals surface area contributed by atoms with Crippen molar-refractivity contribution < 1.29 is 28.6 Å². The number of amides is 3. The Balaban J connectivity index is 1.49. The Morgan fingerprint density at radius 1 is 0.878 bits per heavy atom. The summed E-state index contributed by atoms with van der Waals surface area (Å²) in [5.41, 5.74) is 1.69. The lowest BCUT2D eigenvalue weighted by molar-refractivity contribution is -0.114. The zero-order valence-electron chi connectivity index (χ0n) is 21.9. The molecule has 3 amide bonds. The molecule has 0 unspecified atom stereocenters. The third-order valence-electron chi connectivity index (χ3n) is 5.64. The van der Waals surface area contributed by atoms with Gasteiger partial charge in [0.25, 0.3) is 11.8 Å². The second-order valence-electron chi connectivity index (χ2n) is 8.63. The van der Waals surface area contributed by atoms with Gasteiger partial charge in [0.15, 0.2) is 0 Å². The monoisotopic (exact) mass is 571 g/mol. The molecule has 0 atom stereocenters. The van der Waals surface area contributed by atoms with E-state index in [9.17, 15) is 23.9 Å². The van der Waals surface area contributed by atoms with Crippen LogP contribution < -0.4 is 20.7 Å². The van der Waals surface area contributed by atoms with Crippen LogP contribution in [0.2, 0.25) is 0 Å². The number of methoxy groups -OCH3 is 1. The van der Waals surface area contributed by atoms with Crippen molar-refractivity contribution in [3.8, 4) is 11.5 Å². The molecule has 0 fully saturated rings. The van der Waals surface area contributed by atoms with Gasteiger partial charge in [-0.1, -0.05) is 24.3 Å². The number of aromatic hydroxyl groups is 1. The molecule has 0 saturated heterocycles. The first-order valence-corrected chi connectivity index (χ1v) is 13.3. The Morgan fingerprint density at radius 3 is 2.37 bits per heavy atom. The van der Waals surface area contributed by atoms with E-state index in [0.29, 0.717) is 28.3 Å². The predicted molar refractivity (Wildman–Crippen MR) is 157 cm³/mol. The molecule has 8 nitrogen and oxygen atoms in total. The first kappa shape index (κ1) is 28.9. The van der Waals surface area contributed by atoms with Crippen LogP contribution in [0, 0.1) is 5.82 Å². The summed E-state index contributed by atoms with van der Waals surface area (Å²) in [4.78, 5) is 39.3. The molecule has 4 aromatic rings. The molecule has 0 bridgehead atoms. The highest BCUT2D eigenvalue weighted by Gasteiger charge is 2.17. The molecule has 0 aromatic heterocycles. The van der Waals surface area contributed by atoms with Crippen LogP contribution in [-0.4, -0.2) is 35.7 Å². The van der Waals surface area contributed by atoms with Gasteiger partial charge in [0.05, 0.1) is 12.9 Å². The summed E-state index contributed by atoms with van der Waals surface area (Å²) in [6.07, 6.45) is 1.45. The molecule has 0 aliphatic carbocycles. The summed E-state index contributed by atoms with van der Waals surface area (Å²) in [6, 6.07) is 25.2. The number of phenols is 1. The van der Waals surface area contributed by atoms with E-state index in [4.69, 9.17) is 4.74 Å². The van der Waals surface area contributed by atoms with E-state index >= 15 is 0 Å². The summed E-state index contributed by atoms with van der Waals surface area (Å²) in [7, 11) is 1.43. The molecular formula is C31H26FN3O5S. The molecule has 4 rings (SSSR count). The van der Waals surface area contributed by atoms with Crippen molar-refractivity contribution in [3.05, 3.63) is 120 Å². The van der Waals surface area contributed by atoms with Gasteiger partial charge in [0, 0.05) is 33.5 Å². The minimum atomic E-state index is -0.597. The number of benzene rings is 4. The van der Waals surface area contributed by atoms with E-state index in [2.05, 4.69) is 16.0 Å². The Kier molecular flexibility index (Phi) is 9.74. The van der Waals surface area contributed by atoms with Crippen molar-refractivity contribution in [1.82, 2.24) is 5.32 Å². The normalized spacial score (nSPS) is 10.9. The van der Waals surface area contributed by atoms with Gasteiger partial charge < -0.3 is 25.8 Å². The number of carbonyl (C=O) groups excluding carboxylic acids is 3. The number of halogens is 1. The third-order valence-corrected chi connectivity index (χ3v) is 6.63. The average molecular weight is 572 g/mol. The topological polar surface area (TPSA) is 117 Å². The van der Waals surface area contributed by atoms with Crippen molar-refractivity contribution in [2.45, 2.75) is 4.90 Å². The molecule has 4 N–H and O–H groups in total. The number of ether oxygens (including phenoxy) is 1. The predicted octanol–water partition coefficient (Wildman–Crippen LogP) is 5.68. The third kappa shape index (κ3) is 8.45. The molecule has 0 aliphatic heterocycles. The zero-order chi connectivity index (χ0) is 29.2. The largest absolute Gasteiger partial charge is 0.508 e. The fourth-order valence-corrected chi connectivity index (χ4v) is 4.41. The number of hydrogen-bond donors (Lipinski definition) is 4. The molecule has 0 heterocycles. The highest BCUT2D eigenvalue weighted by atomic mass is 32.2. The van der Waals surface area contributed by atoms with Crippen molar-refractivity contribution in [3.63, 3.8) is 0 Å². The van der Waals surface area contributed by atoms with E-state index in [1.165, 1.54) is 61.3 Å². The Bertz CT molecular complexity index is 1580. The van der Waals surface area contributed by atoms with Crippen molar-refractivity contribution in [2.75, 3.05) is 23.5 Å². The number of phenolic OH excluding ortho intramolecular Hbond substituents is 1. The van der Waals surface area contributed by atoms with Crippen molar-refractivity contribution in [1.29, 1.82) is 0 Å². The summed E-state index contributed by atoms with van der Waals surface area (Å²) in [5, 5.41) is 17.9. The molecule has 0 aliphatic rings. The van der Waals surface area contributed by atoms with Crippen LogP contribution in [0.25, 0.3) is 6.08 Å². The van der Waals surface area contributed by atoms with Crippen LogP contribution in [0.4, 0.5) is 15.8 Å². The second-order valence-corrected chi connectivity index (χ2v) is 9.68. The summed E-state index contributed by atoms with van der Waals surface area (Å²) in [5.74, 6) is -1.36. The summed E-state index contributed by atoms with van der Waals surface area (Å²) in [6.45, 7) is 0. The first-order valence-electron chi connectivity index (χ1n) is 12.4. The van der Waals surface area contributed by atoms with Gasteiger partial charge in [-0.3, -0.25) is 14.4 Å². The zero-order valence-corrected chi connectivity index (χ0v) is 22.7. The average Bonchev–Trinajstić information content (AvgIpc) is 2.98. The minimum Gasteiger partial charge on any atom is -0.508 e. The van der Waals surface area contributed by atoms with Crippen LogP contribution in [0.15, 0.2) is 108 Å². The SMILES string of the molecule is COc1cc(O)ccc1/C=C(/NC(=O)c1ccccc1)C(=O)Nc1cccc(SCC(=O)Nc2ccc(F)cc2)c1. The van der Waals surface area contributed by atoms with Crippen LogP contribution >= 0.6 is 11.8 Å². The quantitative estimate of drug-likeness (QED) is 0.144. The van der Waals surface area contributed by atoms with Gasteiger partial charge in [0.2, 0.25) is 5.91 Å². The maximum atomic E-state index is 13.4. The van der Waals surface area contributed by atoms with Crippen LogP contribution in [-0.2, 0) is 9.59 Å². The number of nitrogens with one attached hydrogen (secondary N) is 3. The Labute approximate surface area is 240 Å². The number of hydrogen-bond acceptors (Lipinski definition) is 6. The fourth-order valence-electron chi connectivity index (χ4n) is 3.66. The molecule has 4 aromatic carbocycles. The number of thioether (sulfide) groups is 1. The van der Waals surface area contributed by atoms with Crippen molar-refractivity contribution >= 4 is 46.9 Å². The van der Waals surface area contributed by atoms with Crippen LogP contribution in [0.3, 0.4) is 0 Å². The van der Waals surface area contributed by atoms with Gasteiger partial charge in [-0.05, 0) is 72.8 Å². The molecular weight excluding hydrogens is 545 g/mol. The maximum Gasteiger partial charge on any atom is 0.272 e. The summed E-state index contributed by atoms with van der Waals surface area (Å²) >= 11 is 1.26. The minimum absolute atomic E-state index is 0.0148. The molecule has 41 heavy (non-hydrogen) atoms. The lowest BCUT2D eigenvalue weighted by atomic mass is 10.1. The standard InChI is InChI=1S/C31H26FN3O5S/c1-40-28-18-25(36)15-10-21(28)16-27(35-30(38)20-6-3-2-4-7-20)31(39)34-24-8-5-9-26(17-24)41-19-29(37)33-23-13-11-22(32)12-14-23/h2-18,36H,19H2,1H3,(H,33,37)(H,34,39)(H,35,38)/b27-16+. The Hall–Kier alpha value is -5.09. The van der Waals surface area contributed by atoms with E-state index in [-0.39, 0.29) is 23.1 Å².